The summed E-state index contributed by atoms with van der Waals surface area (Å²) in [4.78, 5) is 0. The predicted octanol–water partition coefficient (Wildman–Crippen LogP) is 3.95. The third-order valence-corrected chi connectivity index (χ3v) is 2.97. The molecule has 0 fully saturated rings. The molecule has 0 aliphatic heterocycles. The summed E-state index contributed by atoms with van der Waals surface area (Å²) in [5, 5.41) is 0. The van der Waals surface area contributed by atoms with Crippen LogP contribution in [0.3, 0.4) is 0 Å². The van der Waals surface area contributed by atoms with Crippen molar-refractivity contribution in [3.63, 3.8) is 0 Å². The number of nitrogens with two attached hydrogens (primary N) is 1. The van der Waals surface area contributed by atoms with Crippen molar-refractivity contribution >= 4 is 5.69 Å². The van der Waals surface area contributed by atoms with E-state index in [9.17, 15) is 0 Å². The molecule has 0 unspecified atom stereocenters. The number of hydrogen-bond donors (Lipinski definition) is 1. The van der Waals surface area contributed by atoms with Gasteiger partial charge in [-0.1, -0.05) is 45.2 Å². The van der Waals surface area contributed by atoms with Crippen LogP contribution in [0.25, 0.3) is 0 Å². The van der Waals surface area contributed by atoms with Gasteiger partial charge in [0, 0.05) is 5.69 Å². The Morgan fingerprint density at radius 3 is 2.53 bits per heavy atom. The number of hydrogen-bond acceptors (Lipinski definition) is 1. The van der Waals surface area contributed by atoms with Crippen LogP contribution in [0.1, 0.15) is 50.7 Å². The zero-order chi connectivity index (χ0) is 11.1. The fourth-order valence-corrected chi connectivity index (χ4v) is 2.02. The Morgan fingerprint density at radius 2 is 1.87 bits per heavy atom. The van der Waals surface area contributed by atoms with E-state index in [4.69, 9.17) is 5.73 Å². The first-order valence-corrected chi connectivity index (χ1v) is 6.15. The normalized spacial score (nSPS) is 10.5. The molecular weight excluding hydrogens is 182 g/mol. The van der Waals surface area contributed by atoms with Gasteiger partial charge in [0.1, 0.15) is 0 Å². The van der Waals surface area contributed by atoms with Crippen LogP contribution in [-0.2, 0) is 12.8 Å². The van der Waals surface area contributed by atoms with Crippen LogP contribution in [0.4, 0.5) is 5.69 Å². The Labute approximate surface area is 93.7 Å². The highest BCUT2D eigenvalue weighted by molar-refractivity contribution is 5.51. The number of benzene rings is 1. The summed E-state index contributed by atoms with van der Waals surface area (Å²) in [7, 11) is 0. The minimum Gasteiger partial charge on any atom is -0.398 e. The molecule has 84 valence electrons. The molecule has 0 atom stereocenters. The van der Waals surface area contributed by atoms with Gasteiger partial charge in [0.15, 0.2) is 0 Å². The van der Waals surface area contributed by atoms with Crippen molar-refractivity contribution in [1.82, 2.24) is 0 Å². The van der Waals surface area contributed by atoms with Crippen molar-refractivity contribution in [3.8, 4) is 0 Å². The van der Waals surface area contributed by atoms with Crippen LogP contribution in [0, 0.1) is 0 Å². The molecule has 1 rings (SSSR count). The molecular formula is C14H23N. The molecule has 1 aromatic carbocycles. The van der Waals surface area contributed by atoms with Crippen LogP contribution in [-0.4, -0.2) is 0 Å². The Hall–Kier alpha value is -0.980. The average molecular weight is 205 g/mol. The lowest BCUT2D eigenvalue weighted by atomic mass is 9.98. The molecule has 0 aromatic heterocycles. The highest BCUT2D eigenvalue weighted by Crippen LogP contribution is 2.20. The first-order chi connectivity index (χ1) is 7.29. The maximum absolute atomic E-state index is 6.01. The number of aryl methyl sites for hydroxylation is 1. The third kappa shape index (κ3) is 3.58. The van der Waals surface area contributed by atoms with Gasteiger partial charge in [-0.25, -0.2) is 0 Å². The zero-order valence-corrected chi connectivity index (χ0v) is 10.1. The van der Waals surface area contributed by atoms with E-state index in [1.54, 1.807) is 0 Å². The standard InChI is InChI=1S/C14H23N/c1-3-5-6-7-10-13-12(4-2)9-8-11-14(13)15/h8-9,11H,3-7,10,15H2,1-2H3. The van der Waals surface area contributed by atoms with Crippen molar-refractivity contribution in [3.05, 3.63) is 29.3 Å². The van der Waals surface area contributed by atoms with Gasteiger partial charge in [-0.15, -0.1) is 0 Å². The molecule has 1 heteroatoms. The van der Waals surface area contributed by atoms with Gasteiger partial charge in [-0.05, 0) is 36.5 Å². The topological polar surface area (TPSA) is 26.0 Å². The van der Waals surface area contributed by atoms with Crippen molar-refractivity contribution in [2.75, 3.05) is 5.73 Å². The van der Waals surface area contributed by atoms with Gasteiger partial charge in [0.05, 0.1) is 0 Å². The van der Waals surface area contributed by atoms with Crippen LogP contribution < -0.4 is 5.73 Å². The Kier molecular flexibility index (Phi) is 5.23. The SMILES string of the molecule is CCCCCCc1c(N)cccc1CC. The fourth-order valence-electron chi connectivity index (χ4n) is 2.02. The van der Waals surface area contributed by atoms with E-state index in [2.05, 4.69) is 26.0 Å². The molecule has 0 spiro atoms. The molecule has 0 radical (unpaired) electrons. The van der Waals surface area contributed by atoms with Crippen LogP contribution >= 0.6 is 0 Å². The Balaban J connectivity index is 2.58. The first kappa shape index (κ1) is 12.1. The second kappa shape index (κ2) is 6.49. The van der Waals surface area contributed by atoms with Crippen molar-refractivity contribution in [2.45, 2.75) is 52.4 Å². The van der Waals surface area contributed by atoms with E-state index >= 15 is 0 Å². The monoisotopic (exact) mass is 205 g/mol. The van der Waals surface area contributed by atoms with E-state index in [1.807, 2.05) is 6.07 Å². The molecule has 0 saturated heterocycles. The number of rotatable bonds is 6. The number of nitrogen functional groups attached to an aromatic ring is 1. The summed E-state index contributed by atoms with van der Waals surface area (Å²) < 4.78 is 0. The molecule has 1 aromatic rings. The first-order valence-electron chi connectivity index (χ1n) is 6.15. The van der Waals surface area contributed by atoms with Crippen molar-refractivity contribution < 1.29 is 0 Å². The van der Waals surface area contributed by atoms with Gasteiger partial charge < -0.3 is 5.73 Å². The minimum absolute atomic E-state index is 0.978. The number of anilines is 1. The maximum Gasteiger partial charge on any atom is 0.0349 e. The van der Waals surface area contributed by atoms with Crippen molar-refractivity contribution in [1.29, 1.82) is 0 Å². The second-order valence-electron chi connectivity index (χ2n) is 4.15. The smallest absolute Gasteiger partial charge is 0.0349 e. The molecule has 0 saturated carbocycles. The molecule has 0 aliphatic rings. The van der Waals surface area contributed by atoms with E-state index in [0.29, 0.717) is 0 Å². The average Bonchev–Trinajstić information content (AvgIpc) is 2.26. The van der Waals surface area contributed by atoms with Crippen LogP contribution in [0.5, 0.6) is 0 Å². The summed E-state index contributed by atoms with van der Waals surface area (Å²) in [6.07, 6.45) is 7.48. The van der Waals surface area contributed by atoms with E-state index in [-0.39, 0.29) is 0 Å². The summed E-state index contributed by atoms with van der Waals surface area (Å²) >= 11 is 0. The third-order valence-electron chi connectivity index (χ3n) is 2.97. The largest absolute Gasteiger partial charge is 0.398 e. The zero-order valence-electron chi connectivity index (χ0n) is 10.1. The quantitative estimate of drug-likeness (QED) is 0.552. The second-order valence-corrected chi connectivity index (χ2v) is 4.15. The fraction of sp³-hybridized carbons (Fsp3) is 0.571. The minimum atomic E-state index is 0.978. The van der Waals surface area contributed by atoms with Crippen molar-refractivity contribution in [2.24, 2.45) is 0 Å². The van der Waals surface area contributed by atoms with E-state index in [0.717, 1.165) is 18.5 Å². The van der Waals surface area contributed by atoms with Crippen LogP contribution in [0.2, 0.25) is 0 Å². The van der Waals surface area contributed by atoms with Crippen LogP contribution in [0.15, 0.2) is 18.2 Å². The highest BCUT2D eigenvalue weighted by atomic mass is 14.6. The van der Waals surface area contributed by atoms with E-state index in [1.165, 1.54) is 36.8 Å². The summed E-state index contributed by atoms with van der Waals surface area (Å²) in [5.41, 5.74) is 9.80. The molecule has 1 nitrogen and oxygen atoms in total. The maximum atomic E-state index is 6.01. The number of unbranched alkanes of at least 4 members (excludes halogenated alkanes) is 3. The van der Waals surface area contributed by atoms with Gasteiger partial charge in [-0.2, -0.15) is 0 Å². The van der Waals surface area contributed by atoms with Gasteiger partial charge in [0.25, 0.3) is 0 Å². The highest BCUT2D eigenvalue weighted by Gasteiger charge is 2.03. The van der Waals surface area contributed by atoms with Gasteiger partial charge in [0.2, 0.25) is 0 Å². The molecule has 0 heterocycles. The van der Waals surface area contributed by atoms with Gasteiger partial charge in [-0.3, -0.25) is 0 Å². The Bertz CT molecular complexity index is 291. The molecule has 0 amide bonds. The summed E-state index contributed by atoms with van der Waals surface area (Å²) in [6, 6.07) is 6.28. The predicted molar refractivity (Wildman–Crippen MR) is 68.1 cm³/mol. The molecule has 0 bridgehead atoms. The lowest BCUT2D eigenvalue weighted by Crippen LogP contribution is -1.99. The van der Waals surface area contributed by atoms with E-state index < -0.39 is 0 Å². The summed E-state index contributed by atoms with van der Waals surface area (Å²) in [5.74, 6) is 0. The molecule has 2 N–H and O–H groups in total. The molecule has 15 heavy (non-hydrogen) atoms. The van der Waals surface area contributed by atoms with Gasteiger partial charge >= 0.3 is 0 Å². The molecule has 0 aliphatic carbocycles. The Morgan fingerprint density at radius 1 is 1.07 bits per heavy atom. The lowest BCUT2D eigenvalue weighted by Gasteiger charge is -2.10. The lowest BCUT2D eigenvalue weighted by molar-refractivity contribution is 0.665. The summed E-state index contributed by atoms with van der Waals surface area (Å²) in [6.45, 7) is 4.44.